The fourth-order valence-corrected chi connectivity index (χ4v) is 1.67. The molecule has 2 heteroatoms. The molecule has 16 heavy (non-hydrogen) atoms. The van der Waals surface area contributed by atoms with Crippen LogP contribution in [0.2, 0.25) is 0 Å². The van der Waals surface area contributed by atoms with E-state index in [-0.39, 0.29) is 5.54 Å². The predicted molar refractivity (Wildman–Crippen MR) is 68.7 cm³/mol. The molecule has 0 aromatic heterocycles. The molecule has 1 aromatic carbocycles. The number of methoxy groups -OCH3 is 1. The topological polar surface area (TPSA) is 21.3 Å². The summed E-state index contributed by atoms with van der Waals surface area (Å²) in [7, 11) is 1.74. The molecule has 1 rings (SSSR count). The van der Waals surface area contributed by atoms with Crippen LogP contribution in [0.4, 0.5) is 0 Å². The Morgan fingerprint density at radius 2 is 1.88 bits per heavy atom. The molecular formula is C14H23NO. The minimum Gasteiger partial charge on any atom is -0.383 e. The van der Waals surface area contributed by atoms with E-state index in [0.717, 1.165) is 13.2 Å². The summed E-state index contributed by atoms with van der Waals surface area (Å²) in [6.07, 6.45) is 0. The van der Waals surface area contributed by atoms with Crippen molar-refractivity contribution in [2.75, 3.05) is 13.7 Å². The summed E-state index contributed by atoms with van der Waals surface area (Å²) in [6, 6.07) is 6.60. The third-order valence-electron chi connectivity index (χ3n) is 2.85. The minimum atomic E-state index is 0.0214. The van der Waals surface area contributed by atoms with E-state index in [4.69, 9.17) is 4.74 Å². The molecule has 2 nitrogen and oxygen atoms in total. The Morgan fingerprint density at radius 3 is 2.44 bits per heavy atom. The molecule has 0 saturated carbocycles. The molecule has 0 amide bonds. The second-order valence-electron chi connectivity index (χ2n) is 5.09. The molecule has 0 spiro atoms. The van der Waals surface area contributed by atoms with E-state index in [1.807, 2.05) is 0 Å². The first-order valence-electron chi connectivity index (χ1n) is 5.75. The van der Waals surface area contributed by atoms with Crippen LogP contribution in [0.3, 0.4) is 0 Å². The molecular weight excluding hydrogens is 198 g/mol. The molecule has 0 unspecified atom stereocenters. The monoisotopic (exact) mass is 221 g/mol. The molecule has 0 saturated heterocycles. The number of nitrogens with one attached hydrogen (secondary N) is 1. The molecule has 0 radical (unpaired) electrons. The van der Waals surface area contributed by atoms with Gasteiger partial charge in [-0.05, 0) is 44.4 Å². The highest BCUT2D eigenvalue weighted by Crippen LogP contribution is 2.11. The SMILES string of the molecule is COCC(C)(C)NCc1ccc(C)c(C)c1. The Labute approximate surface area is 99.0 Å². The maximum atomic E-state index is 5.18. The van der Waals surface area contributed by atoms with Crippen molar-refractivity contribution in [2.45, 2.75) is 39.8 Å². The zero-order chi connectivity index (χ0) is 12.2. The standard InChI is InChI=1S/C14H23NO/c1-11-6-7-13(8-12(11)2)9-15-14(3,4)10-16-5/h6-8,15H,9-10H2,1-5H3. The maximum Gasteiger partial charge on any atom is 0.0639 e. The van der Waals surface area contributed by atoms with Crippen LogP contribution >= 0.6 is 0 Å². The van der Waals surface area contributed by atoms with E-state index in [1.54, 1.807) is 7.11 Å². The van der Waals surface area contributed by atoms with E-state index in [2.05, 4.69) is 51.2 Å². The van der Waals surface area contributed by atoms with Crippen LogP contribution in [0.1, 0.15) is 30.5 Å². The van der Waals surface area contributed by atoms with Gasteiger partial charge < -0.3 is 10.1 Å². The summed E-state index contributed by atoms with van der Waals surface area (Å²) >= 11 is 0. The Kier molecular flexibility index (Phi) is 4.51. The smallest absolute Gasteiger partial charge is 0.0639 e. The summed E-state index contributed by atoms with van der Waals surface area (Å²) < 4.78 is 5.18. The Morgan fingerprint density at radius 1 is 1.19 bits per heavy atom. The van der Waals surface area contributed by atoms with Gasteiger partial charge in [-0.15, -0.1) is 0 Å². The lowest BCUT2D eigenvalue weighted by atomic mass is 10.0. The Hall–Kier alpha value is -0.860. The van der Waals surface area contributed by atoms with Crippen LogP contribution in [0, 0.1) is 13.8 Å². The second kappa shape index (κ2) is 5.46. The summed E-state index contributed by atoms with van der Waals surface area (Å²) in [6.45, 7) is 10.2. The van der Waals surface area contributed by atoms with Gasteiger partial charge in [0.05, 0.1) is 6.61 Å². The molecule has 0 aliphatic heterocycles. The number of hydrogen-bond acceptors (Lipinski definition) is 2. The lowest BCUT2D eigenvalue weighted by Gasteiger charge is -2.25. The molecule has 0 aliphatic rings. The van der Waals surface area contributed by atoms with E-state index in [1.165, 1.54) is 16.7 Å². The summed E-state index contributed by atoms with van der Waals surface area (Å²) in [5.41, 5.74) is 4.05. The molecule has 0 aliphatic carbocycles. The third-order valence-corrected chi connectivity index (χ3v) is 2.85. The first-order chi connectivity index (χ1) is 7.44. The first kappa shape index (κ1) is 13.2. The number of aryl methyl sites for hydroxylation is 2. The first-order valence-corrected chi connectivity index (χ1v) is 5.75. The Balaban J connectivity index is 2.57. The van der Waals surface area contributed by atoms with Gasteiger partial charge in [0.2, 0.25) is 0 Å². The largest absolute Gasteiger partial charge is 0.383 e. The molecule has 0 atom stereocenters. The van der Waals surface area contributed by atoms with Gasteiger partial charge in [-0.1, -0.05) is 18.2 Å². The van der Waals surface area contributed by atoms with Crippen molar-refractivity contribution in [2.24, 2.45) is 0 Å². The van der Waals surface area contributed by atoms with E-state index in [9.17, 15) is 0 Å². The van der Waals surface area contributed by atoms with Crippen LogP contribution in [0.5, 0.6) is 0 Å². The van der Waals surface area contributed by atoms with Crippen molar-refractivity contribution in [3.05, 3.63) is 34.9 Å². The van der Waals surface area contributed by atoms with Gasteiger partial charge >= 0.3 is 0 Å². The molecule has 90 valence electrons. The highest BCUT2D eigenvalue weighted by atomic mass is 16.5. The van der Waals surface area contributed by atoms with Crippen molar-refractivity contribution in [1.82, 2.24) is 5.32 Å². The van der Waals surface area contributed by atoms with Crippen LogP contribution < -0.4 is 5.32 Å². The van der Waals surface area contributed by atoms with Crippen LogP contribution in [0.25, 0.3) is 0 Å². The van der Waals surface area contributed by atoms with Crippen LogP contribution in [-0.4, -0.2) is 19.3 Å². The number of ether oxygens (including phenoxy) is 1. The van der Waals surface area contributed by atoms with Crippen molar-refractivity contribution < 1.29 is 4.74 Å². The molecule has 0 heterocycles. The minimum absolute atomic E-state index is 0.0214. The van der Waals surface area contributed by atoms with Crippen LogP contribution in [0.15, 0.2) is 18.2 Å². The van der Waals surface area contributed by atoms with Gasteiger partial charge in [-0.3, -0.25) is 0 Å². The van der Waals surface area contributed by atoms with Gasteiger partial charge in [-0.2, -0.15) is 0 Å². The average molecular weight is 221 g/mol. The van der Waals surface area contributed by atoms with Gasteiger partial charge in [0.1, 0.15) is 0 Å². The summed E-state index contributed by atoms with van der Waals surface area (Å²) in [5.74, 6) is 0. The highest BCUT2D eigenvalue weighted by molar-refractivity contribution is 5.29. The van der Waals surface area contributed by atoms with Gasteiger partial charge in [0, 0.05) is 19.2 Å². The van der Waals surface area contributed by atoms with Crippen molar-refractivity contribution in [1.29, 1.82) is 0 Å². The lowest BCUT2D eigenvalue weighted by molar-refractivity contribution is 0.128. The number of benzene rings is 1. The molecule has 1 N–H and O–H groups in total. The third kappa shape index (κ3) is 3.95. The normalized spacial score (nSPS) is 11.8. The predicted octanol–water partition coefficient (Wildman–Crippen LogP) is 2.82. The quantitative estimate of drug-likeness (QED) is 0.825. The van der Waals surface area contributed by atoms with E-state index in [0.29, 0.717) is 0 Å². The number of rotatable bonds is 5. The highest BCUT2D eigenvalue weighted by Gasteiger charge is 2.16. The molecule has 1 aromatic rings. The molecule has 0 bridgehead atoms. The maximum absolute atomic E-state index is 5.18. The van der Waals surface area contributed by atoms with E-state index >= 15 is 0 Å². The fourth-order valence-electron chi connectivity index (χ4n) is 1.67. The van der Waals surface area contributed by atoms with Crippen LogP contribution in [-0.2, 0) is 11.3 Å². The van der Waals surface area contributed by atoms with Gasteiger partial charge in [-0.25, -0.2) is 0 Å². The number of hydrogen-bond donors (Lipinski definition) is 1. The zero-order valence-electron chi connectivity index (χ0n) is 11.1. The Bertz CT molecular complexity index is 345. The van der Waals surface area contributed by atoms with Crippen molar-refractivity contribution in [3.63, 3.8) is 0 Å². The summed E-state index contributed by atoms with van der Waals surface area (Å²) in [5, 5.41) is 3.50. The zero-order valence-corrected chi connectivity index (χ0v) is 11.1. The van der Waals surface area contributed by atoms with E-state index < -0.39 is 0 Å². The lowest BCUT2D eigenvalue weighted by Crippen LogP contribution is -2.42. The van der Waals surface area contributed by atoms with Gasteiger partial charge in [0.25, 0.3) is 0 Å². The van der Waals surface area contributed by atoms with Crippen molar-refractivity contribution in [3.8, 4) is 0 Å². The second-order valence-corrected chi connectivity index (χ2v) is 5.09. The fraction of sp³-hybridized carbons (Fsp3) is 0.571. The average Bonchev–Trinajstić information content (AvgIpc) is 2.20. The molecule has 0 fully saturated rings. The van der Waals surface area contributed by atoms with Gasteiger partial charge in [0.15, 0.2) is 0 Å². The van der Waals surface area contributed by atoms with Crippen molar-refractivity contribution >= 4 is 0 Å². The summed E-state index contributed by atoms with van der Waals surface area (Å²) in [4.78, 5) is 0.